The number of hydrogen-bond donors (Lipinski definition) is 1. The lowest BCUT2D eigenvalue weighted by molar-refractivity contribution is -0.111. The van der Waals surface area contributed by atoms with Crippen LogP contribution in [0.15, 0.2) is 102 Å². The lowest BCUT2D eigenvalue weighted by atomic mass is 9.71. The van der Waals surface area contributed by atoms with Crippen LogP contribution >= 0.6 is 0 Å². The molecule has 178 valence electrons. The summed E-state index contributed by atoms with van der Waals surface area (Å²) in [4.78, 5) is 16.5. The number of carbonyl (C=O) groups excluding carboxylic acids is 1. The smallest absolute Gasteiger partial charge is 0.248 e. The SMILES string of the molecule is CC1=C(/C=C/C(C)=C/C=C/C(C)=C/C(=O)Nc2ccc(C)cc2)C(C)(C)CCC1n1ccnc1. The largest absolute Gasteiger partial charge is 0.330 e. The van der Waals surface area contributed by atoms with Gasteiger partial charge in [-0.3, -0.25) is 4.79 Å². The van der Waals surface area contributed by atoms with Crippen LogP contribution in [0.3, 0.4) is 0 Å². The molecular weight excluding hydrogens is 418 g/mol. The first-order valence-corrected chi connectivity index (χ1v) is 11.9. The lowest BCUT2D eigenvalue weighted by Gasteiger charge is -2.37. The number of hydrogen-bond acceptors (Lipinski definition) is 2. The average molecular weight is 456 g/mol. The van der Waals surface area contributed by atoms with Gasteiger partial charge in [0, 0.05) is 24.2 Å². The van der Waals surface area contributed by atoms with Gasteiger partial charge in [-0.05, 0) is 74.8 Å². The highest BCUT2D eigenvalue weighted by Gasteiger charge is 2.32. The molecule has 1 aliphatic rings. The first kappa shape index (κ1) is 25.2. The van der Waals surface area contributed by atoms with Crippen molar-refractivity contribution in [3.63, 3.8) is 0 Å². The minimum atomic E-state index is -0.124. The van der Waals surface area contributed by atoms with Crippen LogP contribution in [0.5, 0.6) is 0 Å². The molecule has 1 amide bonds. The van der Waals surface area contributed by atoms with Gasteiger partial charge in [0.1, 0.15) is 0 Å². The molecule has 0 saturated heterocycles. The van der Waals surface area contributed by atoms with Crippen LogP contribution in [0.1, 0.15) is 59.1 Å². The molecule has 3 rings (SSSR count). The molecule has 1 aliphatic carbocycles. The number of rotatable bonds is 7. The van der Waals surface area contributed by atoms with E-state index in [4.69, 9.17) is 0 Å². The van der Waals surface area contributed by atoms with Crippen molar-refractivity contribution in [1.29, 1.82) is 0 Å². The van der Waals surface area contributed by atoms with Gasteiger partial charge >= 0.3 is 0 Å². The summed E-state index contributed by atoms with van der Waals surface area (Å²) in [6.45, 7) is 13.0. The summed E-state index contributed by atoms with van der Waals surface area (Å²) in [6.07, 6.45) is 20.2. The predicted molar refractivity (Wildman–Crippen MR) is 143 cm³/mol. The van der Waals surface area contributed by atoms with Gasteiger partial charge in [0.15, 0.2) is 0 Å². The van der Waals surface area contributed by atoms with E-state index in [0.29, 0.717) is 6.04 Å². The van der Waals surface area contributed by atoms with E-state index in [9.17, 15) is 4.79 Å². The molecule has 0 bridgehead atoms. The van der Waals surface area contributed by atoms with Crippen molar-refractivity contribution >= 4 is 11.6 Å². The van der Waals surface area contributed by atoms with Crippen LogP contribution < -0.4 is 5.32 Å². The predicted octanol–water partition coefficient (Wildman–Crippen LogP) is 7.51. The monoisotopic (exact) mass is 455 g/mol. The van der Waals surface area contributed by atoms with E-state index < -0.39 is 0 Å². The molecule has 1 N–H and O–H groups in total. The first-order chi connectivity index (χ1) is 16.2. The number of benzene rings is 1. The van der Waals surface area contributed by atoms with E-state index in [0.717, 1.165) is 29.7 Å². The maximum Gasteiger partial charge on any atom is 0.248 e. The summed E-state index contributed by atoms with van der Waals surface area (Å²) >= 11 is 0. The van der Waals surface area contributed by atoms with Gasteiger partial charge in [0.25, 0.3) is 0 Å². The number of carbonyl (C=O) groups is 1. The topological polar surface area (TPSA) is 46.9 Å². The van der Waals surface area contributed by atoms with Crippen molar-refractivity contribution in [2.24, 2.45) is 5.41 Å². The normalized spacial score (nSPS) is 19.3. The van der Waals surface area contributed by atoms with Crippen LogP contribution in [0.4, 0.5) is 5.69 Å². The molecule has 0 fully saturated rings. The van der Waals surface area contributed by atoms with Gasteiger partial charge in [0.2, 0.25) is 5.91 Å². The van der Waals surface area contributed by atoms with Crippen molar-refractivity contribution in [3.8, 4) is 0 Å². The van der Waals surface area contributed by atoms with E-state index in [2.05, 4.69) is 67.0 Å². The maximum absolute atomic E-state index is 12.2. The van der Waals surface area contributed by atoms with Crippen molar-refractivity contribution in [3.05, 3.63) is 107 Å². The molecule has 1 heterocycles. The highest BCUT2D eigenvalue weighted by Crippen LogP contribution is 2.45. The van der Waals surface area contributed by atoms with E-state index in [1.165, 1.54) is 16.7 Å². The Bertz CT molecular complexity index is 1140. The van der Waals surface area contributed by atoms with E-state index in [1.807, 2.05) is 62.8 Å². The molecule has 1 aromatic carbocycles. The summed E-state index contributed by atoms with van der Waals surface area (Å²) in [5.74, 6) is -0.124. The number of nitrogens with one attached hydrogen (secondary N) is 1. The zero-order valence-corrected chi connectivity index (χ0v) is 21.3. The molecule has 1 unspecified atom stereocenters. The zero-order chi connectivity index (χ0) is 24.7. The molecular formula is C30H37N3O. The fourth-order valence-electron chi connectivity index (χ4n) is 4.44. The van der Waals surface area contributed by atoms with Gasteiger partial charge < -0.3 is 9.88 Å². The molecule has 0 spiro atoms. The summed E-state index contributed by atoms with van der Waals surface area (Å²) in [5, 5.41) is 2.89. The van der Waals surface area contributed by atoms with Crippen molar-refractivity contribution in [2.45, 2.75) is 60.4 Å². The Kier molecular flexibility index (Phi) is 8.27. The number of amides is 1. The highest BCUT2D eigenvalue weighted by atomic mass is 16.1. The van der Waals surface area contributed by atoms with Crippen molar-refractivity contribution < 1.29 is 4.79 Å². The lowest BCUT2D eigenvalue weighted by Crippen LogP contribution is -2.25. The Labute approximate surface area is 204 Å². The zero-order valence-electron chi connectivity index (χ0n) is 21.3. The summed E-state index contributed by atoms with van der Waals surface area (Å²) < 4.78 is 2.22. The average Bonchev–Trinajstić information content (AvgIpc) is 3.29. The quantitative estimate of drug-likeness (QED) is 0.347. The van der Waals surface area contributed by atoms with Crippen LogP contribution in [-0.2, 0) is 4.79 Å². The number of aromatic nitrogens is 2. The van der Waals surface area contributed by atoms with Crippen molar-refractivity contribution in [1.82, 2.24) is 9.55 Å². The maximum atomic E-state index is 12.2. The van der Waals surface area contributed by atoms with Gasteiger partial charge in [-0.2, -0.15) is 0 Å². The Hall–Kier alpha value is -3.40. The third-order valence-electron chi connectivity index (χ3n) is 6.49. The fourth-order valence-corrected chi connectivity index (χ4v) is 4.44. The highest BCUT2D eigenvalue weighted by molar-refractivity contribution is 5.99. The molecule has 0 radical (unpaired) electrons. The molecule has 1 atom stereocenters. The molecule has 0 aliphatic heterocycles. The van der Waals surface area contributed by atoms with E-state index in [-0.39, 0.29) is 11.3 Å². The van der Waals surface area contributed by atoms with Gasteiger partial charge in [-0.1, -0.05) is 67.5 Å². The third-order valence-corrected chi connectivity index (χ3v) is 6.49. The first-order valence-electron chi connectivity index (χ1n) is 11.9. The Morgan fingerprint density at radius 3 is 2.53 bits per heavy atom. The molecule has 4 heteroatoms. The van der Waals surface area contributed by atoms with Gasteiger partial charge in [0.05, 0.1) is 12.4 Å². The third kappa shape index (κ3) is 6.80. The standard InChI is InChI=1S/C30H37N3O/c1-22(8-7-9-24(3)20-29(34)32-26-13-10-23(2)11-14-26)12-15-27-25(4)28(16-17-30(27,5)6)33-19-18-31-21-33/h7-15,18-21,28H,16-17H2,1-6H3,(H,32,34)/b9-7+,15-12+,22-8+,24-20+. The second-order valence-corrected chi connectivity index (χ2v) is 9.89. The Morgan fingerprint density at radius 2 is 1.85 bits per heavy atom. The summed E-state index contributed by atoms with van der Waals surface area (Å²) in [5.41, 5.74) is 6.99. The number of imidazole rings is 1. The number of aryl methyl sites for hydroxylation is 1. The number of anilines is 1. The van der Waals surface area contributed by atoms with Crippen LogP contribution in [0, 0.1) is 12.3 Å². The molecule has 34 heavy (non-hydrogen) atoms. The number of nitrogens with zero attached hydrogens (tertiary/aromatic N) is 2. The Morgan fingerprint density at radius 1 is 1.12 bits per heavy atom. The minimum Gasteiger partial charge on any atom is -0.330 e. The second kappa shape index (κ2) is 11.1. The molecule has 0 saturated carbocycles. The van der Waals surface area contributed by atoms with Crippen LogP contribution in [0.2, 0.25) is 0 Å². The number of allylic oxidation sites excluding steroid dienone is 9. The molecule has 4 nitrogen and oxygen atoms in total. The summed E-state index contributed by atoms with van der Waals surface area (Å²) in [7, 11) is 0. The second-order valence-electron chi connectivity index (χ2n) is 9.89. The van der Waals surface area contributed by atoms with Gasteiger partial charge in [-0.25, -0.2) is 4.98 Å². The van der Waals surface area contributed by atoms with Crippen LogP contribution in [-0.4, -0.2) is 15.5 Å². The Balaban J connectivity index is 1.65. The molecule has 1 aromatic heterocycles. The van der Waals surface area contributed by atoms with E-state index >= 15 is 0 Å². The van der Waals surface area contributed by atoms with Crippen molar-refractivity contribution in [2.75, 3.05) is 5.32 Å². The van der Waals surface area contributed by atoms with Crippen LogP contribution in [0.25, 0.3) is 0 Å². The van der Waals surface area contributed by atoms with E-state index in [1.54, 1.807) is 6.08 Å². The fraction of sp³-hybridized carbons (Fsp3) is 0.333. The minimum absolute atomic E-state index is 0.124. The summed E-state index contributed by atoms with van der Waals surface area (Å²) in [6, 6.07) is 8.16. The molecule has 2 aromatic rings. The van der Waals surface area contributed by atoms with Gasteiger partial charge in [-0.15, -0.1) is 0 Å².